The normalized spacial score (nSPS) is 22.3. The first-order valence-electron chi connectivity index (χ1n) is 7.15. The van der Waals surface area contributed by atoms with Gasteiger partial charge in [0.15, 0.2) is 0 Å². The molecule has 2 atom stereocenters. The van der Waals surface area contributed by atoms with Gasteiger partial charge < -0.3 is 10.1 Å². The van der Waals surface area contributed by atoms with E-state index < -0.39 is 27.2 Å². The highest BCUT2D eigenvalue weighted by Gasteiger charge is 2.44. The van der Waals surface area contributed by atoms with Crippen LogP contribution in [-0.4, -0.2) is 57.1 Å². The largest absolute Gasteiger partial charge is 0.469 e. The first-order chi connectivity index (χ1) is 9.88. The second kappa shape index (κ2) is 7.74. The zero-order valence-electron chi connectivity index (χ0n) is 12.8. The van der Waals surface area contributed by atoms with Gasteiger partial charge in [0, 0.05) is 13.6 Å². The van der Waals surface area contributed by atoms with Gasteiger partial charge in [0.25, 0.3) is 0 Å². The van der Waals surface area contributed by atoms with Gasteiger partial charge >= 0.3 is 5.97 Å². The Morgan fingerprint density at radius 2 is 2.00 bits per heavy atom. The number of esters is 1. The second-order valence-electron chi connectivity index (χ2n) is 5.15. The predicted molar refractivity (Wildman–Crippen MR) is 78.0 cm³/mol. The molecule has 0 spiro atoms. The highest BCUT2D eigenvalue weighted by molar-refractivity contribution is 7.89. The van der Waals surface area contributed by atoms with Gasteiger partial charge in [-0.05, 0) is 19.3 Å². The van der Waals surface area contributed by atoms with E-state index in [1.54, 1.807) is 0 Å². The summed E-state index contributed by atoms with van der Waals surface area (Å²) in [7, 11) is -0.974. The number of carbonyl (C=O) groups excluding carboxylic acids is 2. The van der Waals surface area contributed by atoms with Gasteiger partial charge in [-0.1, -0.05) is 13.3 Å². The fourth-order valence-electron chi connectivity index (χ4n) is 2.68. The molecule has 8 heteroatoms. The topological polar surface area (TPSA) is 92.8 Å². The number of amides is 1. The van der Waals surface area contributed by atoms with Crippen LogP contribution in [0.25, 0.3) is 0 Å². The summed E-state index contributed by atoms with van der Waals surface area (Å²) in [5.41, 5.74) is 0. The quantitative estimate of drug-likeness (QED) is 0.672. The Morgan fingerprint density at radius 1 is 1.33 bits per heavy atom. The lowest BCUT2D eigenvalue weighted by molar-refractivity contribution is -0.145. The van der Waals surface area contributed by atoms with Crippen LogP contribution >= 0.6 is 0 Å². The number of sulfonamides is 1. The molecule has 0 bridgehead atoms. The van der Waals surface area contributed by atoms with Crippen LogP contribution in [0.2, 0.25) is 0 Å². The Balaban J connectivity index is 2.98. The van der Waals surface area contributed by atoms with Crippen LogP contribution in [0.15, 0.2) is 0 Å². The average Bonchev–Trinajstić information content (AvgIpc) is 2.95. The molecule has 0 aromatic heterocycles. The van der Waals surface area contributed by atoms with Crippen LogP contribution in [-0.2, 0) is 24.3 Å². The van der Waals surface area contributed by atoms with E-state index in [0.717, 1.165) is 0 Å². The van der Waals surface area contributed by atoms with Gasteiger partial charge in [0.05, 0.1) is 24.8 Å². The van der Waals surface area contributed by atoms with Crippen molar-refractivity contribution in [1.82, 2.24) is 9.62 Å². The van der Waals surface area contributed by atoms with Crippen molar-refractivity contribution in [3.05, 3.63) is 0 Å². The number of nitrogens with zero attached hydrogens (tertiary/aromatic N) is 1. The highest BCUT2D eigenvalue weighted by Crippen LogP contribution is 2.33. The van der Waals surface area contributed by atoms with E-state index in [2.05, 4.69) is 5.32 Å². The molecule has 0 radical (unpaired) electrons. The molecular formula is C13H24N2O5S. The minimum atomic E-state index is -3.70. The first-order valence-corrected chi connectivity index (χ1v) is 8.66. The molecule has 7 nitrogen and oxygen atoms in total. The van der Waals surface area contributed by atoms with E-state index in [-0.39, 0.29) is 19.0 Å². The van der Waals surface area contributed by atoms with E-state index in [1.807, 2.05) is 6.92 Å². The maximum atomic E-state index is 12.7. The minimum absolute atomic E-state index is 0.211. The van der Waals surface area contributed by atoms with Crippen LogP contribution in [0.4, 0.5) is 0 Å². The molecule has 122 valence electrons. The molecule has 1 amide bonds. The van der Waals surface area contributed by atoms with Crippen LogP contribution in [0.3, 0.4) is 0 Å². The fraction of sp³-hybridized carbons (Fsp3) is 0.846. The lowest BCUT2D eigenvalue weighted by Crippen LogP contribution is -2.46. The number of carbonyl (C=O) groups is 2. The third kappa shape index (κ3) is 4.16. The Hall–Kier alpha value is -1.15. The van der Waals surface area contributed by atoms with Gasteiger partial charge in [-0.25, -0.2) is 8.42 Å². The third-order valence-electron chi connectivity index (χ3n) is 3.77. The number of hydrogen-bond donors (Lipinski definition) is 1. The highest BCUT2D eigenvalue weighted by atomic mass is 32.2. The molecule has 21 heavy (non-hydrogen) atoms. The molecule has 1 saturated carbocycles. The second-order valence-corrected chi connectivity index (χ2v) is 7.30. The molecule has 0 aromatic rings. The van der Waals surface area contributed by atoms with Crippen molar-refractivity contribution in [3.8, 4) is 0 Å². The van der Waals surface area contributed by atoms with Crippen molar-refractivity contribution in [2.24, 2.45) is 5.92 Å². The Kier molecular flexibility index (Phi) is 6.60. The smallest absolute Gasteiger partial charge is 0.310 e. The summed E-state index contributed by atoms with van der Waals surface area (Å²) in [6.45, 7) is 1.90. The van der Waals surface area contributed by atoms with Crippen molar-refractivity contribution in [2.45, 2.75) is 37.9 Å². The summed E-state index contributed by atoms with van der Waals surface area (Å²) in [4.78, 5) is 23.3. The minimum Gasteiger partial charge on any atom is -0.469 e. The van der Waals surface area contributed by atoms with Crippen LogP contribution < -0.4 is 5.32 Å². The maximum Gasteiger partial charge on any atom is 0.310 e. The van der Waals surface area contributed by atoms with E-state index in [4.69, 9.17) is 4.74 Å². The SMILES string of the molecule is CCCN(CC(=O)NC)S(=O)(=O)C1CCCC1C(=O)OC. The van der Waals surface area contributed by atoms with Gasteiger partial charge in [0.1, 0.15) is 0 Å². The molecule has 0 aliphatic heterocycles. The molecule has 1 aliphatic carbocycles. The van der Waals surface area contributed by atoms with Gasteiger partial charge in [0.2, 0.25) is 15.9 Å². The summed E-state index contributed by atoms with van der Waals surface area (Å²) in [5.74, 6) is -1.49. The van der Waals surface area contributed by atoms with Crippen molar-refractivity contribution < 1.29 is 22.7 Å². The van der Waals surface area contributed by atoms with Gasteiger partial charge in [-0.15, -0.1) is 0 Å². The van der Waals surface area contributed by atoms with E-state index >= 15 is 0 Å². The average molecular weight is 320 g/mol. The van der Waals surface area contributed by atoms with Crippen LogP contribution in [0, 0.1) is 5.92 Å². The standard InChI is InChI=1S/C13H24N2O5S/c1-4-8-15(9-12(16)14-2)21(18,19)11-7-5-6-10(11)13(17)20-3/h10-11H,4-9H2,1-3H3,(H,14,16). The Bertz CT molecular complexity index is 477. The number of hydrogen-bond acceptors (Lipinski definition) is 5. The zero-order chi connectivity index (χ0) is 16.0. The summed E-state index contributed by atoms with van der Waals surface area (Å²) in [6, 6.07) is 0. The molecular weight excluding hydrogens is 296 g/mol. The summed E-state index contributed by atoms with van der Waals surface area (Å²) < 4.78 is 31.4. The molecule has 0 saturated heterocycles. The van der Waals surface area contributed by atoms with Crippen LogP contribution in [0.5, 0.6) is 0 Å². The van der Waals surface area contributed by atoms with Crippen molar-refractivity contribution in [1.29, 1.82) is 0 Å². The molecule has 1 N–H and O–H groups in total. The first kappa shape index (κ1) is 17.9. The van der Waals surface area contributed by atoms with E-state index in [1.165, 1.54) is 18.5 Å². The molecule has 0 aromatic carbocycles. The van der Waals surface area contributed by atoms with E-state index in [9.17, 15) is 18.0 Å². The van der Waals surface area contributed by atoms with Crippen LogP contribution in [0.1, 0.15) is 32.6 Å². The number of ether oxygens (including phenoxy) is 1. The van der Waals surface area contributed by atoms with Crippen molar-refractivity contribution >= 4 is 21.9 Å². The predicted octanol–water partition coefficient (Wildman–Crippen LogP) is 0.116. The monoisotopic (exact) mass is 320 g/mol. The molecule has 1 rings (SSSR count). The Morgan fingerprint density at radius 3 is 2.52 bits per heavy atom. The maximum absolute atomic E-state index is 12.7. The molecule has 1 fully saturated rings. The zero-order valence-corrected chi connectivity index (χ0v) is 13.6. The Labute approximate surface area is 126 Å². The molecule has 2 unspecified atom stereocenters. The number of likely N-dealkylation sites (N-methyl/N-ethyl adjacent to an activating group) is 1. The van der Waals surface area contributed by atoms with Gasteiger partial charge in [-0.3, -0.25) is 9.59 Å². The molecule has 1 aliphatic rings. The van der Waals surface area contributed by atoms with Crippen molar-refractivity contribution in [3.63, 3.8) is 0 Å². The lowest BCUT2D eigenvalue weighted by atomic mass is 10.1. The number of nitrogens with one attached hydrogen (secondary N) is 1. The number of methoxy groups -OCH3 is 1. The summed E-state index contributed by atoms with van der Waals surface area (Å²) >= 11 is 0. The fourth-order valence-corrected chi connectivity index (χ4v) is 4.92. The number of rotatable bonds is 7. The third-order valence-corrected chi connectivity index (χ3v) is 6.13. The summed E-state index contributed by atoms with van der Waals surface area (Å²) in [6.07, 6.45) is 2.21. The van der Waals surface area contributed by atoms with Crippen molar-refractivity contribution in [2.75, 3.05) is 27.2 Å². The van der Waals surface area contributed by atoms with Gasteiger partial charge in [-0.2, -0.15) is 4.31 Å². The van der Waals surface area contributed by atoms with E-state index in [0.29, 0.717) is 25.7 Å². The molecule has 0 heterocycles. The lowest BCUT2D eigenvalue weighted by Gasteiger charge is -2.27. The summed E-state index contributed by atoms with van der Waals surface area (Å²) in [5, 5.41) is 1.63.